The third-order valence-electron chi connectivity index (χ3n) is 8.30. The fourth-order valence-corrected chi connectivity index (χ4v) is 6.19. The van der Waals surface area contributed by atoms with E-state index in [1.807, 2.05) is 34.7 Å². The number of fused-ring (bicyclic) bond motifs is 3. The summed E-state index contributed by atoms with van der Waals surface area (Å²) in [5.41, 5.74) is 4.03. The van der Waals surface area contributed by atoms with Crippen LogP contribution < -0.4 is 5.56 Å². The van der Waals surface area contributed by atoms with E-state index in [1.165, 1.54) is 18.9 Å². The Bertz CT molecular complexity index is 1540. The van der Waals surface area contributed by atoms with Crippen LogP contribution in [0.15, 0.2) is 47.4 Å². The fraction of sp³-hybridized carbons (Fsp3) is 0.433. The molecule has 2 aromatic carbocycles. The maximum absolute atomic E-state index is 13.7. The predicted molar refractivity (Wildman–Crippen MR) is 147 cm³/mol. The molecular weight excluding hydrogens is 481 g/mol. The summed E-state index contributed by atoms with van der Waals surface area (Å²) in [6, 6.07) is 11.0. The largest absolute Gasteiger partial charge is 0.336 e. The average molecular weight is 516 g/mol. The van der Waals surface area contributed by atoms with Gasteiger partial charge in [0.1, 0.15) is 5.82 Å². The fourth-order valence-electron chi connectivity index (χ4n) is 6.19. The quantitative estimate of drug-likeness (QED) is 0.399. The van der Waals surface area contributed by atoms with Gasteiger partial charge in [0.15, 0.2) is 0 Å². The number of aromatic nitrogens is 3. The van der Waals surface area contributed by atoms with Crippen molar-refractivity contribution < 1.29 is 9.18 Å². The highest BCUT2D eigenvalue weighted by Crippen LogP contribution is 2.34. The van der Waals surface area contributed by atoms with Crippen LogP contribution in [0.2, 0.25) is 0 Å². The molecule has 6 rings (SSSR count). The smallest absolute Gasteiger partial charge is 0.259 e. The van der Waals surface area contributed by atoms with Crippen molar-refractivity contribution in [1.82, 2.24) is 24.6 Å². The number of carbonyl (C=O) groups excluding carboxylic acids is 1. The van der Waals surface area contributed by atoms with Crippen molar-refractivity contribution in [3.8, 4) is 0 Å². The van der Waals surface area contributed by atoms with Gasteiger partial charge in [-0.3, -0.25) is 19.2 Å². The van der Waals surface area contributed by atoms with Gasteiger partial charge in [0.25, 0.3) is 11.5 Å². The number of pyridine rings is 1. The lowest BCUT2D eigenvalue weighted by Crippen LogP contribution is -2.49. The number of nitrogens with zero attached hydrogens (tertiary/aromatic N) is 4. The second-order valence-corrected chi connectivity index (χ2v) is 10.8. The van der Waals surface area contributed by atoms with Crippen molar-refractivity contribution in [1.29, 1.82) is 0 Å². The van der Waals surface area contributed by atoms with E-state index >= 15 is 0 Å². The molecule has 2 aliphatic rings. The first-order valence-corrected chi connectivity index (χ1v) is 13.8. The molecule has 8 heteroatoms. The van der Waals surface area contributed by atoms with Crippen molar-refractivity contribution in [2.75, 3.05) is 32.7 Å². The van der Waals surface area contributed by atoms with Gasteiger partial charge in [-0.05, 0) is 74.5 Å². The summed E-state index contributed by atoms with van der Waals surface area (Å²) in [7, 11) is 0. The number of carbonyl (C=O) groups is 1. The highest BCUT2D eigenvalue weighted by molar-refractivity contribution is 6.07. The Morgan fingerprint density at radius 3 is 2.63 bits per heavy atom. The Morgan fingerprint density at radius 1 is 1.08 bits per heavy atom. The summed E-state index contributed by atoms with van der Waals surface area (Å²) in [6.07, 6.45) is 7.95. The van der Waals surface area contributed by atoms with Crippen LogP contribution in [-0.2, 0) is 6.42 Å². The monoisotopic (exact) mass is 515 g/mol. The maximum Gasteiger partial charge on any atom is 0.259 e. The van der Waals surface area contributed by atoms with Crippen LogP contribution in [0, 0.1) is 12.7 Å². The molecule has 38 heavy (non-hydrogen) atoms. The van der Waals surface area contributed by atoms with Gasteiger partial charge < -0.3 is 9.88 Å². The van der Waals surface area contributed by atoms with Gasteiger partial charge >= 0.3 is 0 Å². The van der Waals surface area contributed by atoms with Gasteiger partial charge in [0.2, 0.25) is 0 Å². The number of rotatable bonds is 6. The zero-order valence-electron chi connectivity index (χ0n) is 21.9. The van der Waals surface area contributed by atoms with E-state index in [2.05, 4.69) is 15.0 Å². The molecule has 0 spiro atoms. The lowest BCUT2D eigenvalue weighted by Gasteiger charge is -2.35. The minimum atomic E-state index is -0.186. The van der Waals surface area contributed by atoms with Gasteiger partial charge in [-0.25, -0.2) is 4.39 Å². The molecule has 0 atom stereocenters. The van der Waals surface area contributed by atoms with E-state index < -0.39 is 0 Å². The molecule has 0 unspecified atom stereocenters. The van der Waals surface area contributed by atoms with Gasteiger partial charge in [-0.1, -0.05) is 25.0 Å². The Balaban J connectivity index is 1.18. The molecule has 1 saturated carbocycles. The Morgan fingerprint density at radius 2 is 1.87 bits per heavy atom. The molecule has 1 amide bonds. The zero-order chi connectivity index (χ0) is 26.2. The number of benzene rings is 2. The molecule has 1 saturated heterocycles. The number of halogens is 1. The van der Waals surface area contributed by atoms with Gasteiger partial charge in [0, 0.05) is 37.1 Å². The van der Waals surface area contributed by atoms with Crippen molar-refractivity contribution in [2.45, 2.75) is 51.5 Å². The molecule has 7 nitrogen and oxygen atoms in total. The first-order chi connectivity index (χ1) is 18.5. The van der Waals surface area contributed by atoms with Crippen LogP contribution in [0.5, 0.6) is 0 Å². The molecule has 2 fully saturated rings. The van der Waals surface area contributed by atoms with Crippen LogP contribution >= 0.6 is 0 Å². The van der Waals surface area contributed by atoms with E-state index in [0.29, 0.717) is 30.1 Å². The van der Waals surface area contributed by atoms with E-state index in [-0.39, 0.29) is 17.3 Å². The summed E-state index contributed by atoms with van der Waals surface area (Å²) in [5.74, 6) is -0.149. The van der Waals surface area contributed by atoms with Crippen molar-refractivity contribution >= 4 is 27.7 Å². The third-order valence-corrected chi connectivity index (χ3v) is 8.30. The minimum Gasteiger partial charge on any atom is -0.336 e. The molecule has 0 radical (unpaired) electrons. The molecule has 1 aliphatic heterocycles. The molecule has 198 valence electrons. The normalized spacial score (nSPS) is 17.2. The van der Waals surface area contributed by atoms with Crippen LogP contribution in [-0.4, -0.2) is 63.2 Å². The van der Waals surface area contributed by atoms with Crippen LogP contribution in [0.1, 0.15) is 59.6 Å². The molecule has 4 aromatic rings. The topological polar surface area (TPSA) is 74.2 Å². The second-order valence-electron chi connectivity index (χ2n) is 10.8. The third kappa shape index (κ3) is 4.73. The van der Waals surface area contributed by atoms with Gasteiger partial charge in [-0.2, -0.15) is 5.10 Å². The molecule has 1 aliphatic carbocycles. The summed E-state index contributed by atoms with van der Waals surface area (Å²) in [5, 5.41) is 6.07. The first-order valence-electron chi connectivity index (χ1n) is 13.8. The number of piperazine rings is 1. The standard InChI is InChI=1S/C30H34FN5O2/c1-20-16-27-25(28-26(29(37)33-27)19-32-36(28)23-9-2-3-10-23)18-24(20)30(38)35-14-12-34(13-15-35)11-5-7-21-6-4-8-22(31)17-21/h4,6,8,16-19,23H,2-3,5,7,9-15H2,1H3,(H,33,37). The number of amides is 1. The summed E-state index contributed by atoms with van der Waals surface area (Å²) in [6.45, 7) is 5.88. The molecule has 1 N–H and O–H groups in total. The van der Waals surface area contributed by atoms with Crippen LogP contribution in [0.25, 0.3) is 21.8 Å². The predicted octanol–water partition coefficient (Wildman–Crippen LogP) is 4.83. The first kappa shape index (κ1) is 24.8. The Labute approximate surface area is 221 Å². The minimum absolute atomic E-state index is 0.0371. The number of H-pyrrole nitrogens is 1. The average Bonchev–Trinajstić information content (AvgIpc) is 3.59. The SMILES string of the molecule is Cc1cc2[nH]c(=O)c3cnn(C4CCCC4)c3c2cc1C(=O)N1CCN(CCCc2cccc(F)c2)CC1. The zero-order valence-corrected chi connectivity index (χ0v) is 21.9. The van der Waals surface area contributed by atoms with Crippen LogP contribution in [0.3, 0.4) is 0 Å². The highest BCUT2D eigenvalue weighted by Gasteiger charge is 2.26. The molecule has 0 bridgehead atoms. The number of aryl methyl sites for hydroxylation is 2. The number of hydrogen-bond donors (Lipinski definition) is 1. The number of nitrogens with one attached hydrogen (secondary N) is 1. The lowest BCUT2D eigenvalue weighted by atomic mass is 10.0. The van der Waals surface area contributed by atoms with Crippen molar-refractivity contribution in [2.24, 2.45) is 0 Å². The lowest BCUT2D eigenvalue weighted by molar-refractivity contribution is 0.0635. The van der Waals surface area contributed by atoms with E-state index in [1.54, 1.807) is 18.3 Å². The number of aromatic amines is 1. The number of hydrogen-bond acceptors (Lipinski definition) is 4. The molecule has 3 heterocycles. The van der Waals surface area contributed by atoms with Crippen molar-refractivity contribution in [3.05, 3.63) is 75.5 Å². The summed E-state index contributed by atoms with van der Waals surface area (Å²) < 4.78 is 15.4. The van der Waals surface area contributed by atoms with Crippen molar-refractivity contribution in [3.63, 3.8) is 0 Å². The summed E-state index contributed by atoms with van der Waals surface area (Å²) >= 11 is 0. The maximum atomic E-state index is 13.7. The van der Waals surface area contributed by atoms with E-state index in [9.17, 15) is 14.0 Å². The van der Waals surface area contributed by atoms with Crippen LogP contribution in [0.4, 0.5) is 4.39 Å². The van der Waals surface area contributed by atoms with Gasteiger partial charge in [-0.15, -0.1) is 0 Å². The Hall–Kier alpha value is -3.52. The van der Waals surface area contributed by atoms with E-state index in [0.717, 1.165) is 72.9 Å². The van der Waals surface area contributed by atoms with Gasteiger partial charge in [0.05, 0.1) is 28.7 Å². The molecular formula is C30H34FN5O2. The summed E-state index contributed by atoms with van der Waals surface area (Å²) in [4.78, 5) is 33.8. The van der Waals surface area contributed by atoms with E-state index in [4.69, 9.17) is 0 Å². The molecule has 2 aromatic heterocycles. The highest BCUT2D eigenvalue weighted by atomic mass is 19.1. The Kier molecular flexibility index (Phi) is 6.74. The second kappa shape index (κ2) is 10.3.